The molecule has 2 heterocycles. The van der Waals surface area contributed by atoms with Crippen LogP contribution in [-0.2, 0) is 4.79 Å². The molecule has 158 valence electrons. The van der Waals surface area contributed by atoms with E-state index in [1.807, 2.05) is 24.3 Å². The molecule has 6 heteroatoms. The van der Waals surface area contributed by atoms with E-state index in [2.05, 4.69) is 16.9 Å². The number of piperidine rings is 1. The van der Waals surface area contributed by atoms with Crippen molar-refractivity contribution in [3.8, 4) is 5.75 Å². The number of hydrazone groups is 1. The molecule has 30 heavy (non-hydrogen) atoms. The molecule has 0 aromatic heterocycles. The van der Waals surface area contributed by atoms with Gasteiger partial charge in [-0.15, -0.1) is 0 Å². The summed E-state index contributed by atoms with van der Waals surface area (Å²) in [6.45, 7) is 3.38. The summed E-state index contributed by atoms with van der Waals surface area (Å²) >= 11 is 0. The number of hydrogen-bond donors (Lipinski definition) is 0. The van der Waals surface area contributed by atoms with Gasteiger partial charge in [-0.1, -0.05) is 36.8 Å². The van der Waals surface area contributed by atoms with Crippen LogP contribution in [0.15, 0.2) is 53.6 Å². The molecule has 1 amide bonds. The van der Waals surface area contributed by atoms with E-state index < -0.39 is 6.04 Å². The zero-order valence-corrected chi connectivity index (χ0v) is 17.6. The van der Waals surface area contributed by atoms with Crippen molar-refractivity contribution in [1.29, 1.82) is 0 Å². The van der Waals surface area contributed by atoms with Gasteiger partial charge < -0.3 is 4.74 Å². The highest BCUT2D eigenvalue weighted by Gasteiger charge is 2.35. The molecule has 2 aromatic rings. The lowest BCUT2D eigenvalue weighted by Crippen LogP contribution is -2.44. The van der Waals surface area contributed by atoms with Crippen molar-refractivity contribution in [1.82, 2.24) is 9.91 Å². The molecule has 0 N–H and O–H groups in total. The fourth-order valence-corrected chi connectivity index (χ4v) is 4.34. The molecule has 4 rings (SSSR count). The van der Waals surface area contributed by atoms with Gasteiger partial charge in [0, 0.05) is 23.6 Å². The van der Waals surface area contributed by atoms with Gasteiger partial charge >= 0.3 is 0 Å². The molecule has 2 aliphatic heterocycles. The Kier molecular flexibility index (Phi) is 6.13. The van der Waals surface area contributed by atoms with Gasteiger partial charge in [0.25, 0.3) is 5.91 Å². The first kappa shape index (κ1) is 20.5. The van der Waals surface area contributed by atoms with Crippen molar-refractivity contribution < 1.29 is 13.9 Å². The Balaban J connectivity index is 1.64. The zero-order chi connectivity index (χ0) is 21.1. The predicted molar refractivity (Wildman–Crippen MR) is 115 cm³/mol. The molecule has 0 bridgehead atoms. The molecule has 0 saturated carbocycles. The lowest BCUT2D eigenvalue weighted by Gasteiger charge is -2.34. The lowest BCUT2D eigenvalue weighted by molar-refractivity contribution is -0.135. The van der Waals surface area contributed by atoms with Crippen LogP contribution in [0.2, 0.25) is 0 Å². The van der Waals surface area contributed by atoms with Crippen LogP contribution in [0.3, 0.4) is 0 Å². The summed E-state index contributed by atoms with van der Waals surface area (Å²) < 4.78 is 20.0. The molecule has 0 radical (unpaired) electrons. The highest BCUT2D eigenvalue weighted by atomic mass is 19.1. The van der Waals surface area contributed by atoms with Crippen LogP contribution >= 0.6 is 0 Å². The van der Waals surface area contributed by atoms with Crippen LogP contribution < -0.4 is 4.74 Å². The van der Waals surface area contributed by atoms with Gasteiger partial charge in [-0.25, -0.2) is 9.40 Å². The first-order chi connectivity index (χ1) is 14.6. The monoisotopic (exact) mass is 409 g/mol. The van der Waals surface area contributed by atoms with Gasteiger partial charge in [0.05, 0.1) is 25.4 Å². The first-order valence-electron chi connectivity index (χ1n) is 10.6. The summed E-state index contributed by atoms with van der Waals surface area (Å²) in [5, 5.41) is 6.17. The Morgan fingerprint density at radius 3 is 2.80 bits per heavy atom. The highest BCUT2D eigenvalue weighted by molar-refractivity contribution is 6.03. The maximum Gasteiger partial charge on any atom is 0.257 e. The maximum absolute atomic E-state index is 14.6. The van der Waals surface area contributed by atoms with Crippen molar-refractivity contribution in [2.75, 3.05) is 20.2 Å². The van der Waals surface area contributed by atoms with Gasteiger partial charge in [-0.3, -0.25) is 9.69 Å². The van der Waals surface area contributed by atoms with Crippen molar-refractivity contribution >= 4 is 11.6 Å². The first-order valence-corrected chi connectivity index (χ1v) is 10.6. The van der Waals surface area contributed by atoms with E-state index in [0.717, 1.165) is 36.4 Å². The van der Waals surface area contributed by atoms with Gasteiger partial charge in [0.2, 0.25) is 0 Å². The molecular formula is C24H28FN3O2. The second-order valence-corrected chi connectivity index (χ2v) is 8.07. The lowest BCUT2D eigenvalue weighted by atomic mass is 9.97. The quantitative estimate of drug-likeness (QED) is 0.736. The van der Waals surface area contributed by atoms with Crippen LogP contribution in [-0.4, -0.2) is 47.8 Å². The van der Waals surface area contributed by atoms with Gasteiger partial charge in [0.1, 0.15) is 11.6 Å². The molecular weight excluding hydrogens is 381 g/mol. The van der Waals surface area contributed by atoms with E-state index in [9.17, 15) is 9.18 Å². The van der Waals surface area contributed by atoms with Gasteiger partial charge in [-0.05, 0) is 44.5 Å². The van der Waals surface area contributed by atoms with Crippen LogP contribution in [0.1, 0.15) is 49.8 Å². The largest absolute Gasteiger partial charge is 0.497 e. The molecule has 2 aromatic carbocycles. The van der Waals surface area contributed by atoms with Gasteiger partial charge in [0.15, 0.2) is 0 Å². The van der Waals surface area contributed by atoms with E-state index in [4.69, 9.17) is 4.74 Å². The number of rotatable bonds is 5. The third-order valence-corrected chi connectivity index (χ3v) is 6.11. The standard InChI is InChI=1S/C24H28FN3O2/c1-17-8-5-6-13-27(17)16-24(29)28-23(20-11-3-4-12-21(20)25)15-22(26-28)18-9-7-10-19(14-18)30-2/h3-4,7,9-12,14,17,23H,5-6,8,13,15-16H2,1-2H3/t17-,23-/m0/s1. The number of benzene rings is 2. The average molecular weight is 410 g/mol. The molecule has 0 unspecified atom stereocenters. The number of carbonyl (C=O) groups is 1. The van der Waals surface area contributed by atoms with Crippen molar-refractivity contribution in [3.05, 3.63) is 65.5 Å². The van der Waals surface area contributed by atoms with E-state index in [1.165, 1.54) is 17.5 Å². The van der Waals surface area contributed by atoms with E-state index >= 15 is 0 Å². The number of likely N-dealkylation sites (tertiary alicyclic amines) is 1. The fraction of sp³-hybridized carbons (Fsp3) is 0.417. The molecule has 5 nitrogen and oxygen atoms in total. The summed E-state index contributed by atoms with van der Waals surface area (Å²) in [6.07, 6.45) is 3.87. The second-order valence-electron chi connectivity index (χ2n) is 8.07. The fourth-order valence-electron chi connectivity index (χ4n) is 4.34. The molecule has 0 spiro atoms. The van der Waals surface area contributed by atoms with Gasteiger partial charge in [-0.2, -0.15) is 5.10 Å². The minimum atomic E-state index is -0.444. The molecule has 2 atom stereocenters. The Bertz CT molecular complexity index is 946. The Hall–Kier alpha value is -2.73. The summed E-state index contributed by atoms with van der Waals surface area (Å²) in [5.41, 5.74) is 2.15. The number of amides is 1. The Morgan fingerprint density at radius 2 is 2.03 bits per heavy atom. The molecule has 0 aliphatic carbocycles. The zero-order valence-electron chi connectivity index (χ0n) is 17.6. The van der Waals surface area contributed by atoms with Crippen LogP contribution in [0.25, 0.3) is 0 Å². The topological polar surface area (TPSA) is 45.1 Å². The van der Waals surface area contributed by atoms with E-state index in [0.29, 0.717) is 24.6 Å². The number of ether oxygens (including phenoxy) is 1. The number of halogens is 1. The summed E-state index contributed by atoms with van der Waals surface area (Å²) in [6, 6.07) is 14.2. The maximum atomic E-state index is 14.6. The van der Waals surface area contributed by atoms with Crippen molar-refractivity contribution in [3.63, 3.8) is 0 Å². The number of nitrogens with zero attached hydrogens (tertiary/aromatic N) is 3. The van der Waals surface area contributed by atoms with E-state index in [-0.39, 0.29) is 11.7 Å². The smallest absolute Gasteiger partial charge is 0.257 e. The second kappa shape index (κ2) is 8.96. The number of methoxy groups -OCH3 is 1. The van der Waals surface area contributed by atoms with Crippen LogP contribution in [0.5, 0.6) is 5.75 Å². The van der Waals surface area contributed by atoms with Crippen molar-refractivity contribution in [2.45, 2.75) is 44.7 Å². The minimum absolute atomic E-state index is 0.0881. The molecule has 1 saturated heterocycles. The van der Waals surface area contributed by atoms with Crippen molar-refractivity contribution in [2.24, 2.45) is 5.10 Å². The normalized spacial score (nSPS) is 22.1. The predicted octanol–water partition coefficient (Wildman–Crippen LogP) is 4.39. The number of carbonyl (C=O) groups excluding carboxylic acids is 1. The molecule has 2 aliphatic rings. The SMILES string of the molecule is COc1cccc(C2=NN(C(=O)CN3CCCC[C@@H]3C)[C@H](c3ccccc3F)C2)c1. The van der Waals surface area contributed by atoms with Crippen LogP contribution in [0.4, 0.5) is 4.39 Å². The average Bonchev–Trinajstić information content (AvgIpc) is 3.21. The minimum Gasteiger partial charge on any atom is -0.497 e. The third-order valence-electron chi connectivity index (χ3n) is 6.11. The summed E-state index contributed by atoms with van der Waals surface area (Å²) in [4.78, 5) is 15.5. The van der Waals surface area contributed by atoms with E-state index in [1.54, 1.807) is 25.3 Å². The highest BCUT2D eigenvalue weighted by Crippen LogP contribution is 2.35. The summed E-state index contributed by atoms with van der Waals surface area (Å²) in [5.74, 6) is 0.327. The third kappa shape index (κ3) is 4.24. The Morgan fingerprint density at radius 1 is 1.20 bits per heavy atom. The Labute approximate surface area is 177 Å². The summed E-state index contributed by atoms with van der Waals surface area (Å²) in [7, 11) is 1.62. The van der Waals surface area contributed by atoms with Crippen LogP contribution in [0, 0.1) is 5.82 Å². The number of hydrogen-bond acceptors (Lipinski definition) is 4. The molecule has 1 fully saturated rings.